The maximum absolute atomic E-state index is 15.9. The SMILES string of the molecule is CC(=O)OC[C@H]1O[C@@H](OCC(=O)N([C@@H]2O[C@H](CNC(=O)C(F)(F)F)[C@@H](OC(C)=O)[C@H](OC(C)=O)[C@H]2NC(=O)C(F)(F)F)[C@@H](CO[C@@H]2O[C@H](COC(C)=O)[C@@H](OC(C)=O)[C@H](OC(C)=O)[C@H]2NC(=O)C(F)(F)F)C(=O)NCCCCCC(=O)OCc2ccccc2)[C@H](NC(=O)C(F)(F)F)[C@@H](OC(C)=O)[C@@H]1OC(C)=O. The van der Waals surface area contributed by atoms with Crippen LogP contribution in [0.1, 0.15) is 86.6 Å². The zero-order chi connectivity index (χ0) is 80.8. The number of carbonyl (C=O) groups is 15. The highest BCUT2D eigenvalue weighted by atomic mass is 19.4. The summed E-state index contributed by atoms with van der Waals surface area (Å²) in [5.74, 6) is -28.2. The lowest BCUT2D eigenvalue weighted by Gasteiger charge is -2.50. The second-order valence-electron chi connectivity index (χ2n) is 23.1. The normalized spacial score (nSPS) is 24.7. The van der Waals surface area contributed by atoms with Gasteiger partial charge in [0.25, 0.3) is 5.91 Å². The largest absolute Gasteiger partial charge is 0.471 e. The lowest BCUT2D eigenvalue weighted by molar-refractivity contribution is -0.285. The number of rotatable bonds is 32. The molecule has 3 fully saturated rings. The minimum atomic E-state index is -6.17. The van der Waals surface area contributed by atoms with Gasteiger partial charge in [-0.2, -0.15) is 52.7 Å². The number of nitrogens with one attached hydrogen (secondary N) is 5. The molecule has 3 aliphatic heterocycles. The third-order valence-electron chi connectivity index (χ3n) is 14.6. The molecular formula is C60H72F12N6O29. The van der Waals surface area contributed by atoms with Crippen molar-refractivity contribution < 1.29 is 191 Å². The second-order valence-corrected chi connectivity index (χ2v) is 23.1. The molecule has 1 aromatic rings. The molecule has 3 aliphatic rings. The summed E-state index contributed by atoms with van der Waals surface area (Å²) in [7, 11) is 0. The highest BCUT2D eigenvalue weighted by Gasteiger charge is 2.60. The van der Waals surface area contributed by atoms with Crippen molar-refractivity contribution in [2.24, 2.45) is 0 Å². The fourth-order valence-corrected chi connectivity index (χ4v) is 10.4. The Morgan fingerprint density at radius 3 is 1.24 bits per heavy atom. The summed E-state index contributed by atoms with van der Waals surface area (Å²) in [4.78, 5) is 197. The maximum Gasteiger partial charge on any atom is 0.471 e. The van der Waals surface area contributed by atoms with E-state index in [0.717, 1.165) is 13.8 Å². The number of ether oxygens (including phenoxy) is 14. The van der Waals surface area contributed by atoms with Crippen LogP contribution in [0.25, 0.3) is 0 Å². The van der Waals surface area contributed by atoms with E-state index in [1.54, 1.807) is 30.3 Å². The number of amides is 6. The molecule has 0 saturated carbocycles. The molecule has 1 aromatic carbocycles. The number of hydrogen-bond donors (Lipinski definition) is 5. The standard InChI is InChI=1S/C60H72F12N6O29/c1-25(79)94-22-36-44(100-28(4)82)47(103-31(7)85)41(76-55(92)59(67,68)69)51(106-36)97-21-34(49(89)73-18-14-10-13-17-39(88)96-20-33-15-11-9-12-16-33)78(50-40(75-54(91)58(64,65)66)46(102-30(6)84)43(99-27(3)81)35(105-50)19-74-53(90)57(61,62)63)38(87)24-98-52-42(77-56(93)60(70,71)72)48(104-32(8)86)45(101-29(5)83)37(107-52)23-95-26(2)80/h9,11-12,15-16,34-37,40-48,50-52H,10,13-14,17-24H2,1-8H3,(H,73,89)(H,74,90)(H,75,91)(H,76,92)(H,77,93)/t34-,35+,36+,37+,40+,41+,42+,43+,44+,45+,46+,47+,48+,50+,51+,52+/m0/s1. The number of unbranched alkanes of at least 4 members (excludes halogenated alkanes) is 2. The Bertz CT molecular complexity index is 3350. The number of hydrogen-bond acceptors (Lipinski definition) is 29. The van der Waals surface area contributed by atoms with Crippen LogP contribution in [0.4, 0.5) is 52.7 Å². The molecule has 16 atom stereocenters. The molecule has 3 saturated heterocycles. The maximum atomic E-state index is 15.9. The van der Waals surface area contributed by atoms with E-state index < -0.39 is 251 Å². The van der Waals surface area contributed by atoms with Gasteiger partial charge in [0.1, 0.15) is 68.9 Å². The minimum Gasteiger partial charge on any atom is -0.463 e. The Kier molecular flexibility index (Phi) is 33.3. The molecule has 47 heteroatoms. The van der Waals surface area contributed by atoms with Gasteiger partial charge in [0.05, 0.1) is 6.61 Å². The molecule has 0 bridgehead atoms. The van der Waals surface area contributed by atoms with E-state index in [4.69, 9.17) is 66.3 Å². The van der Waals surface area contributed by atoms with Crippen molar-refractivity contribution in [1.29, 1.82) is 0 Å². The quantitative estimate of drug-likeness (QED) is 0.0281. The van der Waals surface area contributed by atoms with Gasteiger partial charge in [-0.15, -0.1) is 0 Å². The molecule has 4 rings (SSSR count). The molecular weight excluding hydrogens is 1500 g/mol. The Labute approximate surface area is 596 Å². The van der Waals surface area contributed by atoms with Gasteiger partial charge in [-0.05, 0) is 18.4 Å². The van der Waals surface area contributed by atoms with Crippen LogP contribution in [0.15, 0.2) is 30.3 Å². The van der Waals surface area contributed by atoms with Crippen LogP contribution in [-0.2, 0) is 145 Å². The Hall–Kier alpha value is -9.77. The van der Waals surface area contributed by atoms with Gasteiger partial charge < -0.3 is 92.9 Å². The fraction of sp³-hybridized carbons (Fsp3) is 0.650. The summed E-state index contributed by atoms with van der Waals surface area (Å²) in [6, 6.07) is -3.63. The van der Waals surface area contributed by atoms with E-state index in [9.17, 15) is 115 Å². The molecule has 6 amide bonds. The van der Waals surface area contributed by atoms with E-state index in [2.05, 4.69) is 5.32 Å². The van der Waals surface area contributed by atoms with E-state index >= 15 is 9.59 Å². The summed E-state index contributed by atoms with van der Waals surface area (Å²) in [6.45, 7) is -4.14. The average Bonchev–Trinajstić information content (AvgIpc) is 0.767. The van der Waals surface area contributed by atoms with Crippen molar-refractivity contribution in [2.75, 3.05) is 39.5 Å². The predicted molar refractivity (Wildman–Crippen MR) is 316 cm³/mol. The molecule has 0 radical (unpaired) electrons. The second kappa shape index (κ2) is 39.7. The number of halogens is 12. The van der Waals surface area contributed by atoms with Crippen LogP contribution >= 0.6 is 0 Å². The Morgan fingerprint density at radius 1 is 0.439 bits per heavy atom. The predicted octanol–water partition coefficient (Wildman–Crippen LogP) is 0.348. The van der Waals surface area contributed by atoms with Crippen molar-refractivity contribution in [2.45, 2.75) is 210 Å². The van der Waals surface area contributed by atoms with Crippen LogP contribution in [0.2, 0.25) is 0 Å². The van der Waals surface area contributed by atoms with Crippen molar-refractivity contribution in [3.8, 4) is 0 Å². The molecule has 600 valence electrons. The topological polar surface area (TPSA) is 449 Å². The lowest BCUT2D eigenvalue weighted by atomic mass is 9.93. The molecule has 35 nitrogen and oxygen atoms in total. The van der Waals surface area contributed by atoms with Crippen LogP contribution in [0, 0.1) is 0 Å². The summed E-state index contributed by atoms with van der Waals surface area (Å²) < 4.78 is 248. The van der Waals surface area contributed by atoms with Crippen LogP contribution < -0.4 is 26.6 Å². The van der Waals surface area contributed by atoms with Gasteiger partial charge in [-0.25, -0.2) is 0 Å². The molecule has 0 aliphatic carbocycles. The van der Waals surface area contributed by atoms with Gasteiger partial charge in [-0.1, -0.05) is 36.8 Å². The molecule has 3 heterocycles. The summed E-state index contributed by atoms with van der Waals surface area (Å²) >= 11 is 0. The first-order valence-electron chi connectivity index (χ1n) is 31.4. The summed E-state index contributed by atoms with van der Waals surface area (Å²) in [6.07, 6.45) is -56.2. The lowest BCUT2D eigenvalue weighted by Crippen LogP contribution is -2.74. The number of alkyl halides is 12. The average molecular weight is 1570 g/mol. The monoisotopic (exact) mass is 1570 g/mol. The third kappa shape index (κ3) is 28.5. The van der Waals surface area contributed by atoms with Crippen LogP contribution in [0.3, 0.4) is 0 Å². The van der Waals surface area contributed by atoms with Gasteiger partial charge in [-0.3, -0.25) is 76.8 Å². The van der Waals surface area contributed by atoms with Crippen molar-refractivity contribution in [3.05, 3.63) is 35.9 Å². The number of nitrogens with zero attached hydrogens (tertiary/aromatic N) is 1. The first-order chi connectivity index (χ1) is 49.6. The minimum absolute atomic E-state index is 0.0620. The van der Waals surface area contributed by atoms with Crippen molar-refractivity contribution in [3.63, 3.8) is 0 Å². The molecule has 107 heavy (non-hydrogen) atoms. The first kappa shape index (κ1) is 89.6. The van der Waals surface area contributed by atoms with Crippen molar-refractivity contribution in [1.82, 2.24) is 31.5 Å². The van der Waals surface area contributed by atoms with Gasteiger partial charge in [0.15, 0.2) is 55.4 Å². The Morgan fingerprint density at radius 2 is 0.832 bits per heavy atom. The third-order valence-corrected chi connectivity index (χ3v) is 14.6. The number of esters is 9. The van der Waals surface area contributed by atoms with Crippen molar-refractivity contribution >= 4 is 89.2 Å². The summed E-state index contributed by atoms with van der Waals surface area (Å²) in [5.41, 5.74) is 0.575. The number of carbonyl (C=O) groups excluding carboxylic acids is 15. The molecule has 0 unspecified atom stereocenters. The van der Waals surface area contributed by atoms with Gasteiger partial charge in [0, 0.05) is 74.9 Å². The highest BCUT2D eigenvalue weighted by Crippen LogP contribution is 2.36. The Balaban J connectivity index is 2.19. The van der Waals surface area contributed by atoms with E-state index in [1.165, 1.54) is 21.3 Å². The smallest absolute Gasteiger partial charge is 0.463 e. The van der Waals surface area contributed by atoms with Gasteiger partial charge >= 0.3 is 102 Å². The molecule has 0 aromatic heterocycles. The number of benzene rings is 1. The van der Waals surface area contributed by atoms with E-state index in [0.29, 0.717) is 47.1 Å². The van der Waals surface area contributed by atoms with E-state index in [-0.39, 0.29) is 37.2 Å². The van der Waals surface area contributed by atoms with Crippen LogP contribution in [-0.4, -0.2) is 256 Å². The highest BCUT2D eigenvalue weighted by molar-refractivity contribution is 5.89. The first-order valence-corrected chi connectivity index (χ1v) is 31.4. The zero-order valence-corrected chi connectivity index (χ0v) is 57.2. The summed E-state index contributed by atoms with van der Waals surface area (Å²) in [5, 5.41) is 7.38. The van der Waals surface area contributed by atoms with E-state index in [1.807, 2.05) is 0 Å². The molecule has 5 N–H and O–H groups in total. The van der Waals surface area contributed by atoms with Gasteiger partial charge in [0.2, 0.25) is 5.91 Å². The zero-order valence-electron chi connectivity index (χ0n) is 57.2. The van der Waals surface area contributed by atoms with Crippen LogP contribution in [0.5, 0.6) is 0 Å². The molecule has 0 spiro atoms. The fourth-order valence-electron chi connectivity index (χ4n) is 10.4.